The van der Waals surface area contributed by atoms with Gasteiger partial charge in [0.05, 0.1) is 13.7 Å². The lowest BCUT2D eigenvalue weighted by atomic mass is 10.0. The summed E-state index contributed by atoms with van der Waals surface area (Å²) in [4.78, 5) is 14.1. The van der Waals surface area contributed by atoms with Gasteiger partial charge in [-0.25, -0.2) is 0 Å². The quantitative estimate of drug-likeness (QED) is 0.774. The first-order valence-electron chi connectivity index (χ1n) is 9.96. The second-order valence-electron chi connectivity index (χ2n) is 7.52. The van der Waals surface area contributed by atoms with Crippen LogP contribution in [0.3, 0.4) is 0 Å². The lowest BCUT2D eigenvalue weighted by Crippen LogP contribution is -2.52. The summed E-state index contributed by atoms with van der Waals surface area (Å²) in [6.07, 6.45) is -0.522. The van der Waals surface area contributed by atoms with Crippen LogP contribution in [-0.4, -0.2) is 54.9 Å². The number of benzene rings is 2. The number of nitrogens with zero attached hydrogens (tertiary/aromatic N) is 1. The first kappa shape index (κ1) is 21.0. The summed E-state index contributed by atoms with van der Waals surface area (Å²) in [5, 5.41) is 10.5. The standard InChI is InChI=1S/C23H29NO5/c1-16(2)17-7-6-8-18(13-17)29-20-11-12-24(14-19(20)25)23(26)15-28-22-10-5-4-9-21(22)27-3/h4-10,13,16,19-20,25H,11-12,14-15H2,1-3H3/t19-,20-/m1/s1. The van der Waals surface area contributed by atoms with Gasteiger partial charge in [-0.05, 0) is 35.7 Å². The normalized spacial score (nSPS) is 19.1. The van der Waals surface area contributed by atoms with Gasteiger partial charge in [0.15, 0.2) is 18.1 Å². The van der Waals surface area contributed by atoms with Crippen molar-refractivity contribution in [3.8, 4) is 17.2 Å². The Labute approximate surface area is 172 Å². The van der Waals surface area contributed by atoms with Gasteiger partial charge in [-0.3, -0.25) is 4.79 Å². The summed E-state index contributed by atoms with van der Waals surface area (Å²) in [7, 11) is 1.56. The predicted octanol–water partition coefficient (Wildman–Crippen LogP) is 3.24. The van der Waals surface area contributed by atoms with Crippen LogP contribution in [0.5, 0.6) is 17.2 Å². The number of carbonyl (C=O) groups excluding carboxylic acids is 1. The number of aliphatic hydroxyl groups is 1. The van der Waals surface area contributed by atoms with Crippen LogP contribution in [0.4, 0.5) is 0 Å². The molecule has 0 unspecified atom stereocenters. The van der Waals surface area contributed by atoms with Crippen molar-refractivity contribution in [3.05, 3.63) is 54.1 Å². The smallest absolute Gasteiger partial charge is 0.260 e. The largest absolute Gasteiger partial charge is 0.493 e. The fraction of sp³-hybridized carbons (Fsp3) is 0.435. The van der Waals surface area contributed by atoms with Crippen molar-refractivity contribution in [2.45, 2.75) is 38.4 Å². The molecule has 2 aromatic rings. The number of methoxy groups -OCH3 is 1. The van der Waals surface area contributed by atoms with E-state index in [0.29, 0.717) is 30.4 Å². The van der Waals surface area contributed by atoms with Crippen LogP contribution in [0, 0.1) is 0 Å². The second kappa shape index (κ2) is 9.65. The number of para-hydroxylation sites is 2. The summed E-state index contributed by atoms with van der Waals surface area (Å²) < 4.78 is 16.8. The van der Waals surface area contributed by atoms with E-state index in [1.807, 2.05) is 30.3 Å². The minimum Gasteiger partial charge on any atom is -0.493 e. The van der Waals surface area contributed by atoms with Gasteiger partial charge >= 0.3 is 0 Å². The molecule has 2 aromatic carbocycles. The third-order valence-electron chi connectivity index (χ3n) is 5.11. The van der Waals surface area contributed by atoms with E-state index in [1.54, 1.807) is 24.1 Å². The first-order valence-corrected chi connectivity index (χ1v) is 9.96. The molecule has 0 saturated carbocycles. The lowest BCUT2D eigenvalue weighted by molar-refractivity contribution is -0.139. The number of aliphatic hydroxyl groups excluding tert-OH is 1. The Balaban J connectivity index is 1.52. The minimum absolute atomic E-state index is 0.102. The van der Waals surface area contributed by atoms with Gasteiger partial charge in [0.25, 0.3) is 5.91 Å². The van der Waals surface area contributed by atoms with Crippen LogP contribution < -0.4 is 14.2 Å². The van der Waals surface area contributed by atoms with E-state index in [0.717, 1.165) is 5.75 Å². The van der Waals surface area contributed by atoms with Crippen LogP contribution in [0.2, 0.25) is 0 Å². The third kappa shape index (κ3) is 5.41. The number of β-amino-alcohol motifs (C(OH)–C–C–N with tert-alkyl or cyclic N) is 1. The van der Waals surface area contributed by atoms with Gasteiger partial charge in [-0.2, -0.15) is 0 Å². The van der Waals surface area contributed by atoms with E-state index in [4.69, 9.17) is 14.2 Å². The topological polar surface area (TPSA) is 68.2 Å². The number of hydrogen-bond donors (Lipinski definition) is 1. The molecule has 6 heteroatoms. The minimum atomic E-state index is -0.748. The average molecular weight is 399 g/mol. The maximum atomic E-state index is 12.5. The van der Waals surface area contributed by atoms with Crippen molar-refractivity contribution >= 4 is 5.91 Å². The van der Waals surface area contributed by atoms with Gasteiger partial charge in [0.2, 0.25) is 0 Å². The van der Waals surface area contributed by atoms with Gasteiger partial charge in [0, 0.05) is 13.0 Å². The highest BCUT2D eigenvalue weighted by atomic mass is 16.5. The number of hydrogen-bond acceptors (Lipinski definition) is 5. The number of rotatable bonds is 7. The molecule has 0 radical (unpaired) electrons. The van der Waals surface area contributed by atoms with Crippen molar-refractivity contribution < 1.29 is 24.1 Å². The van der Waals surface area contributed by atoms with Crippen molar-refractivity contribution in [2.24, 2.45) is 0 Å². The Kier molecular flexibility index (Phi) is 6.99. The molecule has 1 heterocycles. The second-order valence-corrected chi connectivity index (χ2v) is 7.52. The summed E-state index contributed by atoms with van der Waals surface area (Å²) in [5.41, 5.74) is 1.19. The molecule has 2 atom stereocenters. The Hall–Kier alpha value is -2.73. The molecule has 3 rings (SSSR count). The van der Waals surface area contributed by atoms with Gasteiger partial charge in [-0.15, -0.1) is 0 Å². The van der Waals surface area contributed by atoms with E-state index in [2.05, 4.69) is 19.9 Å². The highest BCUT2D eigenvalue weighted by Crippen LogP contribution is 2.26. The molecule has 0 spiro atoms. The van der Waals surface area contributed by atoms with Gasteiger partial charge in [0.1, 0.15) is 18.0 Å². The molecule has 6 nitrogen and oxygen atoms in total. The molecule has 1 amide bonds. The molecule has 1 fully saturated rings. The van der Waals surface area contributed by atoms with E-state index in [-0.39, 0.29) is 25.2 Å². The van der Waals surface area contributed by atoms with Crippen LogP contribution in [0.1, 0.15) is 31.7 Å². The molecule has 0 aromatic heterocycles. The molecule has 156 valence electrons. The number of carbonyl (C=O) groups is 1. The van der Waals surface area contributed by atoms with E-state index in [9.17, 15) is 9.90 Å². The number of amides is 1. The zero-order valence-corrected chi connectivity index (χ0v) is 17.2. The monoisotopic (exact) mass is 399 g/mol. The molecule has 1 saturated heterocycles. The molecule has 29 heavy (non-hydrogen) atoms. The molecular formula is C23H29NO5. The van der Waals surface area contributed by atoms with E-state index >= 15 is 0 Å². The number of ether oxygens (including phenoxy) is 3. The molecule has 1 aliphatic rings. The molecule has 0 bridgehead atoms. The average Bonchev–Trinajstić information content (AvgIpc) is 2.73. The van der Waals surface area contributed by atoms with Crippen LogP contribution >= 0.6 is 0 Å². The van der Waals surface area contributed by atoms with Crippen LogP contribution in [0.25, 0.3) is 0 Å². The highest BCUT2D eigenvalue weighted by Gasteiger charge is 2.31. The SMILES string of the molecule is COc1ccccc1OCC(=O)N1CC[C@@H](Oc2cccc(C(C)C)c2)[C@H](O)C1. The summed E-state index contributed by atoms with van der Waals surface area (Å²) in [6.45, 7) is 4.90. The van der Waals surface area contributed by atoms with E-state index < -0.39 is 6.10 Å². The van der Waals surface area contributed by atoms with Crippen LogP contribution in [0.15, 0.2) is 48.5 Å². The van der Waals surface area contributed by atoms with Gasteiger partial charge in [-0.1, -0.05) is 38.1 Å². The van der Waals surface area contributed by atoms with Crippen molar-refractivity contribution in [1.82, 2.24) is 4.90 Å². The molecule has 1 aliphatic heterocycles. The molecule has 1 N–H and O–H groups in total. The lowest BCUT2D eigenvalue weighted by Gasteiger charge is -2.36. The zero-order chi connectivity index (χ0) is 20.8. The summed E-state index contributed by atoms with van der Waals surface area (Å²) in [5.74, 6) is 2.09. The predicted molar refractivity (Wildman–Crippen MR) is 111 cm³/mol. The Morgan fingerprint density at radius 1 is 1.17 bits per heavy atom. The van der Waals surface area contributed by atoms with Crippen molar-refractivity contribution in [3.63, 3.8) is 0 Å². The Morgan fingerprint density at radius 3 is 2.62 bits per heavy atom. The molecule has 0 aliphatic carbocycles. The van der Waals surface area contributed by atoms with Gasteiger partial charge < -0.3 is 24.2 Å². The fourth-order valence-corrected chi connectivity index (χ4v) is 3.36. The summed E-state index contributed by atoms with van der Waals surface area (Å²) in [6, 6.07) is 15.1. The third-order valence-corrected chi connectivity index (χ3v) is 5.11. The summed E-state index contributed by atoms with van der Waals surface area (Å²) >= 11 is 0. The van der Waals surface area contributed by atoms with E-state index in [1.165, 1.54) is 5.56 Å². The first-order chi connectivity index (χ1) is 14.0. The number of likely N-dealkylation sites (tertiary alicyclic amines) is 1. The highest BCUT2D eigenvalue weighted by molar-refractivity contribution is 5.78. The molecular weight excluding hydrogens is 370 g/mol. The van der Waals surface area contributed by atoms with Crippen molar-refractivity contribution in [1.29, 1.82) is 0 Å². The maximum absolute atomic E-state index is 12.5. The maximum Gasteiger partial charge on any atom is 0.260 e. The van der Waals surface area contributed by atoms with Crippen molar-refractivity contribution in [2.75, 3.05) is 26.8 Å². The van der Waals surface area contributed by atoms with Crippen LogP contribution in [-0.2, 0) is 4.79 Å². The Bertz CT molecular complexity index is 822. The zero-order valence-electron chi connectivity index (χ0n) is 17.2. The number of piperidine rings is 1. The Morgan fingerprint density at radius 2 is 1.93 bits per heavy atom. The fourth-order valence-electron chi connectivity index (χ4n) is 3.36.